The van der Waals surface area contributed by atoms with E-state index in [1.54, 1.807) is 13.8 Å². The highest BCUT2D eigenvalue weighted by atomic mass is 35.5. The Morgan fingerprint density at radius 2 is 1.93 bits per heavy atom. The summed E-state index contributed by atoms with van der Waals surface area (Å²) in [4.78, 5) is 15.3. The van der Waals surface area contributed by atoms with Gasteiger partial charge in [-0.25, -0.2) is 8.42 Å². The fourth-order valence-electron chi connectivity index (χ4n) is 5.28. The molecule has 3 unspecified atom stereocenters. The van der Waals surface area contributed by atoms with Crippen molar-refractivity contribution >= 4 is 28.3 Å². The van der Waals surface area contributed by atoms with Gasteiger partial charge in [0, 0.05) is 19.1 Å². The van der Waals surface area contributed by atoms with E-state index >= 15 is 0 Å². The lowest BCUT2D eigenvalue weighted by Crippen LogP contribution is -2.58. The molecule has 28 heavy (non-hydrogen) atoms. The molecule has 3 N–H and O–H groups in total. The normalized spacial score (nSPS) is 29.0. The molecule has 158 valence electrons. The van der Waals surface area contributed by atoms with Crippen molar-refractivity contribution in [2.24, 2.45) is 17.6 Å². The molecule has 10 heteroatoms. The molecule has 0 aromatic carbocycles. The van der Waals surface area contributed by atoms with Gasteiger partial charge in [-0.1, -0.05) is 18.0 Å². The van der Waals surface area contributed by atoms with Crippen molar-refractivity contribution in [1.82, 2.24) is 14.8 Å². The summed E-state index contributed by atoms with van der Waals surface area (Å²) in [6.07, 6.45) is 4.76. The van der Waals surface area contributed by atoms with Gasteiger partial charge in [-0.3, -0.25) is 4.79 Å². The number of nitrogens with two attached hydrogens (primary N) is 1. The summed E-state index contributed by atoms with van der Waals surface area (Å²) in [5.41, 5.74) is 5.44. The zero-order valence-electron chi connectivity index (χ0n) is 16.3. The summed E-state index contributed by atoms with van der Waals surface area (Å²) in [5.74, 6) is 0.923. The second-order valence-electron chi connectivity index (χ2n) is 8.42. The zero-order valence-corrected chi connectivity index (χ0v) is 17.9. The molecule has 1 aromatic rings. The zero-order chi connectivity index (χ0) is 19.4. The maximum absolute atomic E-state index is 13.4. The number of nitrogens with zero attached hydrogens (tertiary/aromatic N) is 2. The maximum atomic E-state index is 13.4. The fourth-order valence-corrected chi connectivity index (χ4v) is 7.03. The summed E-state index contributed by atoms with van der Waals surface area (Å²) < 4.78 is 33.9. The van der Waals surface area contributed by atoms with Crippen molar-refractivity contribution in [1.29, 1.82) is 0 Å². The molecule has 0 bridgehead atoms. The number of sulfonamides is 1. The Labute approximate surface area is 172 Å². The SMILES string of the molecule is Cc1noc(C)c1S(=O)(=O)NC1(C(=O)N2CC3CCC(N)C3C2)CCCC1.Cl. The average Bonchev–Trinajstić information content (AvgIpc) is 3.34. The van der Waals surface area contributed by atoms with Crippen LogP contribution in [0.3, 0.4) is 0 Å². The molecule has 3 fully saturated rings. The molecular weight excluding hydrogens is 404 g/mol. The van der Waals surface area contributed by atoms with Crippen LogP contribution in [0.25, 0.3) is 0 Å². The minimum absolute atomic E-state index is 0. The van der Waals surface area contributed by atoms with Gasteiger partial charge in [-0.05, 0) is 51.4 Å². The lowest BCUT2D eigenvalue weighted by molar-refractivity contribution is -0.136. The third-order valence-corrected chi connectivity index (χ3v) is 8.41. The second-order valence-corrected chi connectivity index (χ2v) is 10.0. The van der Waals surface area contributed by atoms with Crippen LogP contribution in [-0.4, -0.2) is 49.1 Å². The van der Waals surface area contributed by atoms with Crippen molar-refractivity contribution in [3.63, 3.8) is 0 Å². The molecule has 8 nitrogen and oxygen atoms in total. The number of nitrogens with one attached hydrogen (secondary N) is 1. The van der Waals surface area contributed by atoms with Gasteiger partial charge in [-0.2, -0.15) is 4.72 Å². The molecule has 3 atom stereocenters. The molecule has 4 rings (SSSR count). The van der Waals surface area contributed by atoms with Crippen LogP contribution >= 0.6 is 12.4 Å². The van der Waals surface area contributed by atoms with Crippen molar-refractivity contribution in [3.8, 4) is 0 Å². The van der Waals surface area contributed by atoms with E-state index < -0.39 is 15.6 Å². The molecule has 1 saturated heterocycles. The number of halogens is 1. The third-order valence-electron chi connectivity index (χ3n) is 6.63. The van der Waals surface area contributed by atoms with E-state index in [2.05, 4.69) is 9.88 Å². The number of likely N-dealkylation sites (tertiary alicyclic amines) is 1. The monoisotopic (exact) mass is 432 g/mol. The smallest absolute Gasteiger partial charge is 0.246 e. The predicted molar refractivity (Wildman–Crippen MR) is 106 cm³/mol. The standard InChI is InChI=1S/C18H28N4O4S.ClH/c1-11-16(12(2)26-20-11)27(24,25)21-18(7-3-4-8-18)17(23)22-9-13-5-6-15(19)14(13)10-22;/h13-15,21H,3-10,19H2,1-2H3;1H. The summed E-state index contributed by atoms with van der Waals surface area (Å²) in [5, 5.41) is 3.75. The first-order valence-corrected chi connectivity index (χ1v) is 11.2. The van der Waals surface area contributed by atoms with Gasteiger partial charge in [-0.15, -0.1) is 12.4 Å². The van der Waals surface area contributed by atoms with Crippen LogP contribution in [0.5, 0.6) is 0 Å². The number of aromatic nitrogens is 1. The molecule has 2 saturated carbocycles. The number of hydrogen-bond donors (Lipinski definition) is 2. The lowest BCUT2D eigenvalue weighted by atomic mass is 9.97. The molecule has 1 aromatic heterocycles. The topological polar surface area (TPSA) is 119 Å². The number of rotatable bonds is 4. The van der Waals surface area contributed by atoms with Crippen LogP contribution in [0.2, 0.25) is 0 Å². The van der Waals surface area contributed by atoms with Crippen molar-refractivity contribution in [3.05, 3.63) is 11.5 Å². The predicted octanol–water partition coefficient (Wildman–Crippen LogP) is 1.50. The summed E-state index contributed by atoms with van der Waals surface area (Å²) in [6.45, 7) is 4.49. The number of carbonyl (C=O) groups excluding carboxylic acids is 1. The van der Waals surface area contributed by atoms with E-state index in [0.29, 0.717) is 43.5 Å². The van der Waals surface area contributed by atoms with Crippen molar-refractivity contribution in [2.75, 3.05) is 13.1 Å². The van der Waals surface area contributed by atoms with Crippen LogP contribution in [0.1, 0.15) is 50.0 Å². The van der Waals surface area contributed by atoms with Gasteiger partial charge in [0.15, 0.2) is 5.76 Å². The molecular formula is C18H29ClN4O4S. The molecule has 2 aliphatic carbocycles. The number of carbonyl (C=O) groups is 1. The van der Waals surface area contributed by atoms with E-state index in [-0.39, 0.29) is 35.0 Å². The van der Waals surface area contributed by atoms with Crippen LogP contribution < -0.4 is 10.5 Å². The highest BCUT2D eigenvalue weighted by molar-refractivity contribution is 7.89. The summed E-state index contributed by atoms with van der Waals surface area (Å²) >= 11 is 0. The lowest BCUT2D eigenvalue weighted by Gasteiger charge is -2.33. The third kappa shape index (κ3) is 3.46. The van der Waals surface area contributed by atoms with E-state index in [1.807, 2.05) is 4.90 Å². The molecule has 1 aliphatic heterocycles. The Morgan fingerprint density at radius 1 is 1.25 bits per heavy atom. The Hall–Kier alpha value is -1.16. The molecule has 1 amide bonds. The second kappa shape index (κ2) is 7.59. The quantitative estimate of drug-likeness (QED) is 0.744. The largest absolute Gasteiger partial charge is 0.360 e. The summed E-state index contributed by atoms with van der Waals surface area (Å²) in [6, 6.07) is 0.145. The first-order valence-electron chi connectivity index (χ1n) is 9.75. The number of aryl methyl sites for hydroxylation is 2. The highest BCUT2D eigenvalue weighted by Gasteiger charge is 2.51. The van der Waals surface area contributed by atoms with E-state index in [0.717, 1.165) is 25.7 Å². The Balaban J connectivity index is 0.00000225. The van der Waals surface area contributed by atoms with Gasteiger partial charge >= 0.3 is 0 Å². The molecule has 0 radical (unpaired) electrons. The average molecular weight is 433 g/mol. The van der Waals surface area contributed by atoms with Gasteiger partial charge in [0.25, 0.3) is 0 Å². The Kier molecular flexibility index (Phi) is 5.84. The Morgan fingerprint density at radius 3 is 2.50 bits per heavy atom. The van der Waals surface area contributed by atoms with Crippen LogP contribution in [0.4, 0.5) is 0 Å². The fraction of sp³-hybridized carbons (Fsp3) is 0.778. The van der Waals surface area contributed by atoms with Gasteiger partial charge in [0.05, 0.1) is 0 Å². The first kappa shape index (κ1) is 21.5. The summed E-state index contributed by atoms with van der Waals surface area (Å²) in [7, 11) is -3.90. The minimum Gasteiger partial charge on any atom is -0.360 e. The van der Waals surface area contributed by atoms with Gasteiger partial charge in [0.1, 0.15) is 16.1 Å². The van der Waals surface area contributed by atoms with Crippen molar-refractivity contribution in [2.45, 2.75) is 68.8 Å². The maximum Gasteiger partial charge on any atom is 0.246 e. The van der Waals surface area contributed by atoms with Crippen LogP contribution in [-0.2, 0) is 14.8 Å². The van der Waals surface area contributed by atoms with E-state index in [1.165, 1.54) is 0 Å². The van der Waals surface area contributed by atoms with Gasteiger partial charge < -0.3 is 15.2 Å². The minimum atomic E-state index is -3.90. The first-order chi connectivity index (χ1) is 12.7. The van der Waals surface area contributed by atoms with E-state index in [9.17, 15) is 13.2 Å². The number of fused-ring (bicyclic) bond motifs is 1. The number of hydrogen-bond acceptors (Lipinski definition) is 6. The number of amides is 1. The van der Waals surface area contributed by atoms with Crippen LogP contribution in [0.15, 0.2) is 9.42 Å². The highest BCUT2D eigenvalue weighted by Crippen LogP contribution is 2.40. The van der Waals surface area contributed by atoms with Crippen LogP contribution in [0, 0.1) is 25.7 Å². The molecule has 2 heterocycles. The van der Waals surface area contributed by atoms with Gasteiger partial charge in [0.2, 0.25) is 15.9 Å². The van der Waals surface area contributed by atoms with Crippen molar-refractivity contribution < 1.29 is 17.7 Å². The van der Waals surface area contributed by atoms with E-state index in [4.69, 9.17) is 10.3 Å². The Bertz CT molecular complexity index is 830. The molecule has 0 spiro atoms. The molecule has 3 aliphatic rings.